The summed E-state index contributed by atoms with van der Waals surface area (Å²) in [5.74, 6) is -1.94. The van der Waals surface area contributed by atoms with E-state index in [1.807, 2.05) is 39.0 Å². The van der Waals surface area contributed by atoms with Crippen LogP contribution in [0.15, 0.2) is 54.7 Å². The summed E-state index contributed by atoms with van der Waals surface area (Å²) in [7, 11) is 3.34. The lowest BCUT2D eigenvalue weighted by molar-refractivity contribution is -0.155. The molecule has 5 heterocycles. The van der Waals surface area contributed by atoms with Gasteiger partial charge in [-0.3, -0.25) is 29.2 Å². The molecular weight excluding hydrogens is 799 g/mol. The first-order valence-electron chi connectivity index (χ1n) is 22.6. The lowest BCUT2D eigenvalue weighted by atomic mass is 9.84. The van der Waals surface area contributed by atoms with Crippen LogP contribution in [0.4, 0.5) is 0 Å². The summed E-state index contributed by atoms with van der Waals surface area (Å²) in [4.78, 5) is 63.0. The number of esters is 1. The molecule has 3 amide bonds. The van der Waals surface area contributed by atoms with Crippen LogP contribution in [0.25, 0.3) is 33.3 Å². The summed E-state index contributed by atoms with van der Waals surface area (Å²) in [5, 5.41) is 20.1. The van der Waals surface area contributed by atoms with Crippen molar-refractivity contribution in [2.45, 2.75) is 111 Å². The van der Waals surface area contributed by atoms with Crippen molar-refractivity contribution >= 4 is 34.6 Å². The topological polar surface area (TPSA) is 167 Å². The van der Waals surface area contributed by atoms with Gasteiger partial charge in [-0.2, -0.15) is 0 Å². The zero-order chi connectivity index (χ0) is 45.2. The summed E-state index contributed by atoms with van der Waals surface area (Å²) >= 11 is 0. The average molecular weight is 864 g/mol. The number of cyclic esters (lactones) is 1. The maximum absolute atomic E-state index is 14.7. The number of nitrogens with one attached hydrogen (secondary N) is 3. The highest BCUT2D eigenvalue weighted by molar-refractivity contribution is 5.96. The van der Waals surface area contributed by atoms with Crippen LogP contribution in [0.3, 0.4) is 0 Å². The van der Waals surface area contributed by atoms with E-state index in [4.69, 9.17) is 14.5 Å². The highest BCUT2D eigenvalue weighted by Gasteiger charge is 2.39. The lowest BCUT2D eigenvalue weighted by Crippen LogP contribution is -2.62. The van der Waals surface area contributed by atoms with Gasteiger partial charge in [0.05, 0.1) is 30.0 Å². The van der Waals surface area contributed by atoms with Crippen molar-refractivity contribution in [1.82, 2.24) is 35.5 Å². The van der Waals surface area contributed by atoms with Gasteiger partial charge < -0.3 is 34.7 Å². The van der Waals surface area contributed by atoms with E-state index in [9.17, 15) is 24.3 Å². The number of benzene rings is 2. The molecule has 4 N–H and O–H groups in total. The van der Waals surface area contributed by atoms with Crippen LogP contribution in [-0.4, -0.2) is 107 Å². The Hall–Kier alpha value is -5.31. The van der Waals surface area contributed by atoms with Crippen LogP contribution < -0.4 is 16.1 Å². The standard InChI is InChI=1S/C49H65N7O7/c1-9-55-41-17-16-32-25-37(41)38(44(55)36-14-11-19-51-42(36)30(4)62-8)26-49(5,6)28-63-48(61)39-15-12-20-56(53-39)47(60)40(23-31-21-34(32)24-35(57)22-31)52-45(58)43(29(2)3)54(7)46(59)33-13-10-18-50-27-33/h11,14,16-17,19,21-22,24-25,29-30,33,39-40,43,50,53,57H,9-10,12-13,15,18,20,23,26-28H2,1-8H3,(H,52,58)/t30-,33?,39-,40-,43-/m0/s1. The molecule has 0 aliphatic carbocycles. The van der Waals surface area contributed by atoms with E-state index in [2.05, 4.69) is 59.6 Å². The number of fused-ring (bicyclic) bond motifs is 6. The molecule has 0 saturated carbocycles. The van der Waals surface area contributed by atoms with Gasteiger partial charge in [0.2, 0.25) is 11.8 Å². The zero-order valence-electron chi connectivity index (χ0n) is 38.1. The predicted octanol–water partition coefficient (Wildman–Crippen LogP) is 5.93. The number of methoxy groups -OCH3 is 1. The predicted molar refractivity (Wildman–Crippen MR) is 242 cm³/mol. The van der Waals surface area contributed by atoms with Crippen molar-refractivity contribution in [3.8, 4) is 28.1 Å². The number of carbonyl (C=O) groups is 4. The minimum Gasteiger partial charge on any atom is -0.508 e. The Bertz CT molecular complexity index is 2330. The number of carbonyl (C=O) groups excluding carboxylic acids is 4. The number of amides is 3. The smallest absolute Gasteiger partial charge is 0.324 e. The molecule has 3 aliphatic heterocycles. The minimum absolute atomic E-state index is 0.0154. The summed E-state index contributed by atoms with van der Waals surface area (Å²) < 4.78 is 14.2. The summed E-state index contributed by atoms with van der Waals surface area (Å²) in [6.45, 7) is 14.6. The normalized spacial score (nSPS) is 21.7. The van der Waals surface area contributed by atoms with Crippen LogP contribution in [0.2, 0.25) is 0 Å². The second kappa shape index (κ2) is 19.2. The molecule has 1 unspecified atom stereocenters. The number of hydrogen-bond donors (Lipinski definition) is 4. The van der Waals surface area contributed by atoms with Crippen molar-refractivity contribution in [2.24, 2.45) is 17.3 Å². The zero-order valence-corrected chi connectivity index (χ0v) is 38.1. The molecule has 2 fully saturated rings. The second-order valence-corrected chi connectivity index (χ2v) is 18.7. The van der Waals surface area contributed by atoms with Crippen LogP contribution in [0.5, 0.6) is 5.75 Å². The van der Waals surface area contributed by atoms with E-state index in [1.165, 1.54) is 9.91 Å². The Morgan fingerprint density at radius 2 is 1.87 bits per heavy atom. The number of hydrazine groups is 1. The molecule has 4 aromatic rings. The van der Waals surface area contributed by atoms with E-state index in [0.717, 1.165) is 63.9 Å². The van der Waals surface area contributed by atoms with Gasteiger partial charge >= 0.3 is 5.97 Å². The lowest BCUT2D eigenvalue weighted by Gasteiger charge is -2.37. The van der Waals surface area contributed by atoms with Crippen molar-refractivity contribution in [3.63, 3.8) is 0 Å². The van der Waals surface area contributed by atoms with Gasteiger partial charge in [-0.25, -0.2) is 5.43 Å². The van der Waals surface area contributed by atoms with Crippen LogP contribution in [0, 0.1) is 17.3 Å². The number of nitrogens with zero attached hydrogens (tertiary/aromatic N) is 4. The maximum atomic E-state index is 14.7. The monoisotopic (exact) mass is 863 g/mol. The third-order valence-corrected chi connectivity index (χ3v) is 13.0. The molecule has 63 heavy (non-hydrogen) atoms. The highest BCUT2D eigenvalue weighted by Crippen LogP contribution is 2.42. The quantitative estimate of drug-likeness (QED) is 0.148. The molecule has 338 valence electrons. The largest absolute Gasteiger partial charge is 0.508 e. The number of pyridine rings is 1. The first-order valence-corrected chi connectivity index (χ1v) is 22.6. The molecule has 0 radical (unpaired) electrons. The Balaban J connectivity index is 1.34. The number of phenolic OH excluding ortho intramolecular Hbond substituents is 1. The summed E-state index contributed by atoms with van der Waals surface area (Å²) in [5.41, 5.74) is 9.73. The van der Waals surface area contributed by atoms with Gasteiger partial charge in [0.25, 0.3) is 5.91 Å². The number of aromatic nitrogens is 2. The summed E-state index contributed by atoms with van der Waals surface area (Å²) in [6, 6.07) is 12.9. The molecule has 2 aromatic heterocycles. The van der Waals surface area contributed by atoms with E-state index in [1.54, 1.807) is 32.5 Å². The molecule has 2 aromatic carbocycles. The van der Waals surface area contributed by atoms with Gasteiger partial charge in [0.15, 0.2) is 0 Å². The second-order valence-electron chi connectivity index (χ2n) is 18.7. The van der Waals surface area contributed by atoms with Gasteiger partial charge in [-0.1, -0.05) is 39.8 Å². The minimum atomic E-state index is -1.10. The molecule has 14 nitrogen and oxygen atoms in total. The maximum Gasteiger partial charge on any atom is 0.324 e. The number of ether oxygens (including phenoxy) is 2. The Morgan fingerprint density at radius 1 is 1.08 bits per heavy atom. The van der Waals surface area contributed by atoms with Crippen molar-refractivity contribution in [1.29, 1.82) is 0 Å². The number of phenols is 1. The highest BCUT2D eigenvalue weighted by atomic mass is 16.5. The van der Waals surface area contributed by atoms with Gasteiger partial charge in [-0.05, 0) is 117 Å². The number of aryl methyl sites for hydroxylation is 1. The average Bonchev–Trinajstić information content (AvgIpc) is 3.58. The molecule has 2 saturated heterocycles. The number of rotatable bonds is 9. The molecule has 5 atom stereocenters. The van der Waals surface area contributed by atoms with E-state index < -0.39 is 41.3 Å². The van der Waals surface area contributed by atoms with E-state index in [0.29, 0.717) is 44.5 Å². The third kappa shape index (κ3) is 9.78. The summed E-state index contributed by atoms with van der Waals surface area (Å²) in [6.07, 6.45) is 4.73. The Kier molecular flexibility index (Phi) is 13.9. The van der Waals surface area contributed by atoms with Crippen molar-refractivity contribution in [3.05, 3.63) is 71.5 Å². The molecular formula is C49H65N7O7. The van der Waals surface area contributed by atoms with E-state index >= 15 is 0 Å². The van der Waals surface area contributed by atoms with Crippen molar-refractivity contribution in [2.75, 3.05) is 40.4 Å². The van der Waals surface area contributed by atoms with Crippen LogP contribution >= 0.6 is 0 Å². The third-order valence-electron chi connectivity index (χ3n) is 13.0. The van der Waals surface area contributed by atoms with E-state index in [-0.39, 0.29) is 42.6 Å². The fourth-order valence-corrected chi connectivity index (χ4v) is 9.74. The first kappa shape index (κ1) is 45.7. The fraction of sp³-hybridized carbons (Fsp3) is 0.531. The van der Waals surface area contributed by atoms with Crippen molar-refractivity contribution < 1.29 is 33.8 Å². The first-order chi connectivity index (χ1) is 30.1. The SMILES string of the molecule is CCn1c(-c2cccnc2[C@H](C)OC)c2c3cc(ccc31)-c1cc(O)cc(c1)C[C@H](NC(=O)[C@H](C(C)C)N(C)C(=O)C1CCCNC1)C(=O)N1CCC[C@H](N1)C(=O)OCC(C)(C)C2. The fourth-order valence-electron chi connectivity index (χ4n) is 9.74. The number of hydrogen-bond acceptors (Lipinski definition) is 10. The van der Waals surface area contributed by atoms with Crippen LogP contribution in [-0.2, 0) is 48.0 Å². The molecule has 3 aliphatic rings. The Morgan fingerprint density at radius 3 is 2.59 bits per heavy atom. The molecule has 6 bridgehead atoms. The van der Waals surface area contributed by atoms with Crippen LogP contribution in [0.1, 0.15) is 90.2 Å². The number of likely N-dealkylation sites (N-methyl/N-ethyl adjacent to an activating group) is 1. The molecule has 7 rings (SSSR count). The van der Waals surface area contributed by atoms with Gasteiger partial charge in [-0.15, -0.1) is 0 Å². The molecule has 0 spiro atoms. The van der Waals surface area contributed by atoms with Gasteiger partial charge in [0, 0.05) is 68.3 Å². The molecule has 14 heteroatoms. The number of piperidine rings is 1. The Labute approximate surface area is 371 Å². The number of aromatic hydroxyl groups is 1. The van der Waals surface area contributed by atoms with Gasteiger partial charge in [0.1, 0.15) is 23.9 Å².